The molecule has 0 aliphatic carbocycles. The summed E-state index contributed by atoms with van der Waals surface area (Å²) in [6, 6.07) is 19.5. The van der Waals surface area contributed by atoms with E-state index in [9.17, 15) is 24.3 Å². The van der Waals surface area contributed by atoms with Gasteiger partial charge in [0.15, 0.2) is 0 Å². The van der Waals surface area contributed by atoms with Crippen molar-refractivity contribution in [2.45, 2.75) is 31.7 Å². The van der Waals surface area contributed by atoms with Crippen molar-refractivity contribution in [3.05, 3.63) is 108 Å². The van der Waals surface area contributed by atoms with Gasteiger partial charge < -0.3 is 36.6 Å². The van der Waals surface area contributed by atoms with Crippen molar-refractivity contribution in [2.75, 3.05) is 19.6 Å². The molecule has 4 aromatic rings. The number of phenols is 1. The summed E-state index contributed by atoms with van der Waals surface area (Å²) in [5.41, 5.74) is 8.41. The highest BCUT2D eigenvalue weighted by atomic mass is 16.3. The number of aromatic hydroxyl groups is 1. The first-order valence-electron chi connectivity index (χ1n) is 14.8. The number of benzene rings is 3. The number of hydrogen-bond donors (Lipinski definition) is 6. The zero-order valence-electron chi connectivity index (χ0n) is 25.1. The van der Waals surface area contributed by atoms with E-state index in [2.05, 4.69) is 32.7 Å². The van der Waals surface area contributed by atoms with Crippen LogP contribution < -0.4 is 21.7 Å². The number of carbonyl (C=O) groups is 4. The minimum atomic E-state index is -0.990. The van der Waals surface area contributed by atoms with Crippen molar-refractivity contribution in [1.82, 2.24) is 35.9 Å². The zero-order valence-corrected chi connectivity index (χ0v) is 25.1. The average molecular weight is 625 g/mol. The van der Waals surface area contributed by atoms with Crippen LogP contribution in [0.25, 0.3) is 10.9 Å². The van der Waals surface area contributed by atoms with Crippen molar-refractivity contribution < 1.29 is 24.3 Å². The highest BCUT2D eigenvalue weighted by Crippen LogP contribution is 2.26. The van der Waals surface area contributed by atoms with Crippen molar-refractivity contribution in [3.8, 4) is 5.75 Å². The summed E-state index contributed by atoms with van der Waals surface area (Å²) in [7, 11) is 0. The van der Waals surface area contributed by atoms with Crippen LogP contribution in [0.3, 0.4) is 0 Å². The van der Waals surface area contributed by atoms with Crippen molar-refractivity contribution in [3.63, 3.8) is 0 Å². The number of rotatable bonds is 12. The smallest absolute Gasteiger partial charge is 0.316 e. The maximum absolute atomic E-state index is 14.3. The topological polar surface area (TPSA) is 186 Å². The number of urea groups is 1. The number of H-pyrrole nitrogens is 1. The predicted octanol–water partition coefficient (Wildman–Crippen LogP) is 1.75. The number of aromatic nitrogens is 2. The number of nitrogens with one attached hydrogen (secondary N) is 4. The van der Waals surface area contributed by atoms with Gasteiger partial charge in [-0.25, -0.2) is 4.79 Å². The number of aromatic amines is 1. The Morgan fingerprint density at radius 1 is 1.04 bits per heavy atom. The van der Waals surface area contributed by atoms with Crippen LogP contribution >= 0.6 is 0 Å². The summed E-state index contributed by atoms with van der Waals surface area (Å²) in [4.78, 5) is 56.1. The summed E-state index contributed by atoms with van der Waals surface area (Å²) in [6.07, 6.45) is 0.856. The lowest BCUT2D eigenvalue weighted by atomic mass is 9.98. The Bertz CT molecular complexity index is 1720. The Labute approximate surface area is 265 Å². The number of piperazine rings is 1. The molecular weight excluding hydrogens is 588 g/mol. The fourth-order valence-corrected chi connectivity index (χ4v) is 5.55. The van der Waals surface area contributed by atoms with Crippen LogP contribution in [0.15, 0.2) is 85.5 Å². The summed E-state index contributed by atoms with van der Waals surface area (Å²) >= 11 is 0. The Morgan fingerprint density at radius 2 is 1.80 bits per heavy atom. The second-order valence-corrected chi connectivity index (χ2v) is 10.9. The molecule has 0 spiro atoms. The molecule has 1 aliphatic heterocycles. The van der Waals surface area contributed by atoms with Gasteiger partial charge in [0.2, 0.25) is 11.8 Å². The van der Waals surface area contributed by atoms with Gasteiger partial charge in [0, 0.05) is 31.4 Å². The second-order valence-electron chi connectivity index (χ2n) is 10.9. The summed E-state index contributed by atoms with van der Waals surface area (Å²) in [6.45, 7) is 4.30. The molecule has 7 N–H and O–H groups in total. The van der Waals surface area contributed by atoms with Crippen LogP contribution in [-0.2, 0) is 29.1 Å². The monoisotopic (exact) mass is 624 g/mol. The first-order chi connectivity index (χ1) is 22.2. The van der Waals surface area contributed by atoms with Gasteiger partial charge in [-0.05, 0) is 28.8 Å². The van der Waals surface area contributed by atoms with Gasteiger partial charge >= 0.3 is 6.03 Å². The van der Waals surface area contributed by atoms with Crippen molar-refractivity contribution in [2.24, 2.45) is 5.73 Å². The Balaban J connectivity index is 1.47. The maximum Gasteiger partial charge on any atom is 0.316 e. The molecular formula is C33H36N8O5. The van der Waals surface area contributed by atoms with Crippen LogP contribution in [0.1, 0.15) is 27.2 Å². The van der Waals surface area contributed by atoms with Gasteiger partial charge in [0.1, 0.15) is 23.7 Å². The number of fused-ring (bicyclic) bond motifs is 1. The quantitative estimate of drug-likeness (QED) is 0.102. The number of carbonyl (C=O) groups excluding carboxylic acids is 4. The second kappa shape index (κ2) is 14.4. The van der Waals surface area contributed by atoms with E-state index in [-0.39, 0.29) is 55.9 Å². The minimum absolute atomic E-state index is 0.0135. The summed E-state index contributed by atoms with van der Waals surface area (Å²) < 4.78 is 0. The van der Waals surface area contributed by atoms with E-state index in [1.807, 2.05) is 30.3 Å². The fraction of sp³-hybridized carbons (Fsp3) is 0.242. The lowest BCUT2D eigenvalue weighted by Crippen LogP contribution is -2.69. The first kappa shape index (κ1) is 31.7. The number of hydrogen-bond acceptors (Lipinski definition) is 7. The molecule has 0 bridgehead atoms. The van der Waals surface area contributed by atoms with Crippen LogP contribution in [-0.4, -0.2) is 80.7 Å². The molecule has 1 aliphatic rings. The average Bonchev–Trinajstić information content (AvgIpc) is 3.49. The lowest BCUT2D eigenvalue weighted by Gasteiger charge is -2.46. The van der Waals surface area contributed by atoms with E-state index in [0.717, 1.165) is 5.56 Å². The largest absolute Gasteiger partial charge is 0.508 e. The SMILES string of the molecule is C=CCNCC(=O)N1[C@@H](NC(=O)NCc2ccccc2)CN(Cc2cccc3c(C(N)=O)[nH]nc23)C(=O)[C@@H]1Cc1ccc(O)cc1. The van der Waals surface area contributed by atoms with Gasteiger partial charge in [-0.2, -0.15) is 5.10 Å². The lowest BCUT2D eigenvalue weighted by molar-refractivity contribution is -0.156. The molecule has 2 atom stereocenters. The highest BCUT2D eigenvalue weighted by molar-refractivity contribution is 6.04. The van der Waals surface area contributed by atoms with Crippen LogP contribution in [0, 0.1) is 0 Å². The molecule has 2 heterocycles. The molecule has 46 heavy (non-hydrogen) atoms. The normalized spacial score (nSPS) is 16.3. The molecule has 0 radical (unpaired) electrons. The first-order valence-corrected chi connectivity index (χ1v) is 14.8. The standard InChI is InChI=1S/C33H36N8O5/c1-2-15-35-18-28(43)41-26(16-21-11-13-24(42)14-12-21)32(45)40(19-23-9-6-10-25-29(23)38-39-30(25)31(34)44)20-27(41)37-33(46)36-17-22-7-4-3-5-8-22/h2-14,26-27,35,42H,1,15-20H2,(H2,34,44)(H,38,39)(H2,36,37,46)/t26-,27+/m0/s1. The molecule has 13 nitrogen and oxygen atoms in total. The molecule has 5 rings (SSSR count). The van der Waals surface area contributed by atoms with E-state index in [1.165, 1.54) is 17.0 Å². The summed E-state index contributed by atoms with van der Waals surface area (Å²) in [5.74, 6) is -1.31. The molecule has 0 unspecified atom stereocenters. The molecule has 238 valence electrons. The maximum atomic E-state index is 14.3. The van der Waals surface area contributed by atoms with Crippen molar-refractivity contribution >= 4 is 34.7 Å². The minimum Gasteiger partial charge on any atom is -0.508 e. The number of nitrogens with zero attached hydrogens (tertiary/aromatic N) is 3. The fourth-order valence-electron chi connectivity index (χ4n) is 5.55. The third-order valence-electron chi connectivity index (χ3n) is 7.75. The number of para-hydroxylation sites is 1. The van der Waals surface area contributed by atoms with Crippen molar-refractivity contribution in [1.29, 1.82) is 0 Å². The third kappa shape index (κ3) is 7.33. The third-order valence-corrected chi connectivity index (χ3v) is 7.75. The Hall–Kier alpha value is -5.69. The van der Waals surface area contributed by atoms with E-state index in [1.54, 1.807) is 41.3 Å². The van der Waals surface area contributed by atoms with Gasteiger partial charge in [-0.1, -0.05) is 66.7 Å². The van der Waals surface area contributed by atoms with Gasteiger partial charge in [-0.15, -0.1) is 6.58 Å². The molecule has 1 aromatic heterocycles. The number of amides is 5. The molecule has 13 heteroatoms. The molecule has 5 amide bonds. The van der Waals surface area contributed by atoms with Gasteiger partial charge in [-0.3, -0.25) is 19.5 Å². The van der Waals surface area contributed by atoms with Gasteiger partial charge in [0.25, 0.3) is 5.91 Å². The van der Waals surface area contributed by atoms with E-state index >= 15 is 0 Å². The zero-order chi connectivity index (χ0) is 32.6. The number of primary amides is 1. The predicted molar refractivity (Wildman–Crippen MR) is 171 cm³/mol. The van der Waals surface area contributed by atoms with E-state index in [0.29, 0.717) is 28.6 Å². The number of phenolic OH excluding ortho intramolecular Hbond substituents is 1. The molecule has 3 aromatic carbocycles. The van der Waals surface area contributed by atoms with Gasteiger partial charge in [0.05, 0.1) is 18.6 Å². The molecule has 1 saturated heterocycles. The Kier molecular flexibility index (Phi) is 9.93. The molecule has 0 saturated carbocycles. The number of nitrogens with two attached hydrogens (primary N) is 1. The van der Waals surface area contributed by atoms with E-state index in [4.69, 9.17) is 5.73 Å². The van der Waals surface area contributed by atoms with Crippen LogP contribution in [0.2, 0.25) is 0 Å². The van der Waals surface area contributed by atoms with E-state index < -0.39 is 24.1 Å². The molecule has 1 fully saturated rings. The van der Waals surface area contributed by atoms with Crippen LogP contribution in [0.4, 0.5) is 4.79 Å². The van der Waals surface area contributed by atoms with Crippen LogP contribution in [0.5, 0.6) is 5.75 Å². The summed E-state index contributed by atoms with van der Waals surface area (Å²) in [5, 5.41) is 26.1. The highest BCUT2D eigenvalue weighted by Gasteiger charge is 2.43. The Morgan fingerprint density at radius 3 is 2.52 bits per heavy atom.